The van der Waals surface area contributed by atoms with Crippen LogP contribution in [-0.4, -0.2) is 67.0 Å². The Kier molecular flexibility index (Phi) is 9.99. The number of hydrogen-bond acceptors (Lipinski definition) is 8. The zero-order chi connectivity index (χ0) is 32.0. The van der Waals surface area contributed by atoms with Crippen LogP contribution in [0.5, 0.6) is 11.6 Å². The van der Waals surface area contributed by atoms with Gasteiger partial charge in [0.15, 0.2) is 0 Å². The molecule has 9 nitrogen and oxygen atoms in total. The molecule has 2 aromatic carbocycles. The van der Waals surface area contributed by atoms with Crippen molar-refractivity contribution in [2.45, 2.75) is 19.5 Å². The van der Waals surface area contributed by atoms with Crippen LogP contribution < -0.4 is 20.3 Å². The molecular formula is C31H33F4N7O2. The van der Waals surface area contributed by atoms with Gasteiger partial charge in [0.05, 0.1) is 33.8 Å². The number of aromatic nitrogens is 3. The average molecular weight is 612 g/mol. The van der Waals surface area contributed by atoms with Crippen molar-refractivity contribution < 1.29 is 27.1 Å². The molecule has 0 aliphatic heterocycles. The number of nitrogens with zero attached hydrogens (tertiary/aromatic N) is 5. The summed E-state index contributed by atoms with van der Waals surface area (Å²) in [5.41, 5.74) is 0.300. The molecule has 0 aliphatic carbocycles. The summed E-state index contributed by atoms with van der Waals surface area (Å²) in [6.45, 7) is 2.87. The van der Waals surface area contributed by atoms with Crippen LogP contribution in [0.3, 0.4) is 0 Å². The van der Waals surface area contributed by atoms with Crippen molar-refractivity contribution in [3.05, 3.63) is 83.4 Å². The molecule has 44 heavy (non-hydrogen) atoms. The van der Waals surface area contributed by atoms with Crippen LogP contribution in [-0.2, 0) is 6.18 Å². The maximum absolute atomic E-state index is 15.2. The number of benzene rings is 2. The van der Waals surface area contributed by atoms with Crippen LogP contribution in [0.2, 0.25) is 0 Å². The number of pyridine rings is 1. The Morgan fingerprint density at radius 2 is 1.77 bits per heavy atom. The van der Waals surface area contributed by atoms with E-state index in [9.17, 15) is 18.0 Å². The lowest BCUT2D eigenvalue weighted by atomic mass is 10.1. The second kappa shape index (κ2) is 13.7. The van der Waals surface area contributed by atoms with E-state index in [1.807, 2.05) is 19.0 Å². The molecule has 2 N–H and O–H groups in total. The first-order valence-electron chi connectivity index (χ1n) is 13.7. The molecule has 0 atom stereocenters. The molecule has 1 amide bonds. The maximum Gasteiger partial charge on any atom is 0.416 e. The SMILES string of the molecule is CNc1nccc(-c2cccnc2Oc2cc(C(=O)Nc3cc(C(F)(F)F)ccc3N(C)CCCN(C)C)c(F)cc2C)n1. The summed E-state index contributed by atoms with van der Waals surface area (Å²) >= 11 is 0. The van der Waals surface area contributed by atoms with E-state index in [1.54, 1.807) is 50.3 Å². The minimum Gasteiger partial charge on any atom is -0.438 e. The predicted molar refractivity (Wildman–Crippen MR) is 162 cm³/mol. The van der Waals surface area contributed by atoms with E-state index in [0.717, 1.165) is 31.2 Å². The van der Waals surface area contributed by atoms with Gasteiger partial charge in [-0.2, -0.15) is 13.2 Å². The number of halogens is 4. The third-order valence-corrected chi connectivity index (χ3v) is 6.72. The number of anilines is 3. The van der Waals surface area contributed by atoms with Gasteiger partial charge in [-0.25, -0.2) is 19.3 Å². The molecule has 4 rings (SSSR count). The Morgan fingerprint density at radius 1 is 1.00 bits per heavy atom. The highest BCUT2D eigenvalue weighted by molar-refractivity contribution is 6.06. The molecule has 0 bridgehead atoms. The highest BCUT2D eigenvalue weighted by Gasteiger charge is 2.32. The Hall–Kier alpha value is -4.78. The Balaban J connectivity index is 1.66. The van der Waals surface area contributed by atoms with E-state index in [0.29, 0.717) is 35.0 Å². The van der Waals surface area contributed by atoms with Gasteiger partial charge in [0, 0.05) is 33.0 Å². The van der Waals surface area contributed by atoms with Crippen LogP contribution >= 0.6 is 0 Å². The number of carbonyl (C=O) groups excluding carboxylic acids is 1. The topological polar surface area (TPSA) is 95.5 Å². The van der Waals surface area contributed by atoms with Gasteiger partial charge in [-0.3, -0.25) is 4.79 Å². The second-order valence-corrected chi connectivity index (χ2v) is 10.3. The summed E-state index contributed by atoms with van der Waals surface area (Å²) in [5.74, 6) is -1.15. The number of amides is 1. The molecule has 0 fully saturated rings. The molecule has 0 unspecified atom stereocenters. The molecule has 0 radical (unpaired) electrons. The minimum absolute atomic E-state index is 0.101. The van der Waals surface area contributed by atoms with Crippen LogP contribution in [0.1, 0.15) is 27.9 Å². The lowest BCUT2D eigenvalue weighted by Crippen LogP contribution is -2.25. The van der Waals surface area contributed by atoms with Crippen molar-refractivity contribution >= 4 is 23.2 Å². The fraction of sp³-hybridized carbons (Fsp3) is 0.290. The van der Waals surface area contributed by atoms with Gasteiger partial charge in [-0.05, 0) is 88.1 Å². The van der Waals surface area contributed by atoms with Gasteiger partial charge in [-0.1, -0.05) is 0 Å². The Labute approximate surface area is 252 Å². The molecule has 2 aromatic heterocycles. The van der Waals surface area contributed by atoms with Gasteiger partial charge in [-0.15, -0.1) is 0 Å². The highest BCUT2D eigenvalue weighted by Crippen LogP contribution is 2.37. The molecule has 0 saturated heterocycles. The molecule has 0 spiro atoms. The third-order valence-electron chi connectivity index (χ3n) is 6.72. The van der Waals surface area contributed by atoms with Gasteiger partial charge in [0.25, 0.3) is 5.91 Å². The van der Waals surface area contributed by atoms with E-state index >= 15 is 4.39 Å². The normalized spacial score (nSPS) is 11.4. The summed E-state index contributed by atoms with van der Waals surface area (Å²) in [6.07, 6.45) is -0.838. The molecule has 0 aliphatic rings. The monoisotopic (exact) mass is 611 g/mol. The van der Waals surface area contributed by atoms with E-state index < -0.39 is 29.0 Å². The maximum atomic E-state index is 15.2. The number of rotatable bonds is 11. The molecule has 232 valence electrons. The molecular weight excluding hydrogens is 578 g/mol. The molecule has 2 heterocycles. The lowest BCUT2D eigenvalue weighted by molar-refractivity contribution is -0.137. The van der Waals surface area contributed by atoms with E-state index in [-0.39, 0.29) is 17.3 Å². The van der Waals surface area contributed by atoms with Gasteiger partial charge < -0.3 is 25.2 Å². The van der Waals surface area contributed by atoms with Crippen molar-refractivity contribution in [3.8, 4) is 22.9 Å². The molecule has 13 heteroatoms. The van der Waals surface area contributed by atoms with E-state index in [4.69, 9.17) is 4.74 Å². The number of alkyl halides is 3. The van der Waals surface area contributed by atoms with Crippen LogP contribution in [0.25, 0.3) is 11.3 Å². The van der Waals surface area contributed by atoms with Crippen LogP contribution in [0.15, 0.2) is 60.9 Å². The zero-order valence-electron chi connectivity index (χ0n) is 25.0. The fourth-order valence-electron chi connectivity index (χ4n) is 4.42. The van der Waals surface area contributed by atoms with Crippen molar-refractivity contribution in [2.75, 3.05) is 56.8 Å². The van der Waals surface area contributed by atoms with Crippen LogP contribution in [0.4, 0.5) is 34.9 Å². The van der Waals surface area contributed by atoms with Crippen molar-refractivity contribution in [1.82, 2.24) is 19.9 Å². The van der Waals surface area contributed by atoms with Crippen molar-refractivity contribution in [1.29, 1.82) is 0 Å². The van der Waals surface area contributed by atoms with Gasteiger partial charge in [0.1, 0.15) is 11.6 Å². The largest absolute Gasteiger partial charge is 0.438 e. The summed E-state index contributed by atoms with van der Waals surface area (Å²) in [6, 6.07) is 10.5. The summed E-state index contributed by atoms with van der Waals surface area (Å²) in [4.78, 5) is 30.0. The highest BCUT2D eigenvalue weighted by atomic mass is 19.4. The molecule has 0 saturated carbocycles. The van der Waals surface area contributed by atoms with E-state index in [2.05, 4.69) is 25.6 Å². The van der Waals surface area contributed by atoms with E-state index in [1.165, 1.54) is 18.3 Å². The molecule has 4 aromatic rings. The quantitative estimate of drug-likeness (QED) is 0.186. The first-order valence-corrected chi connectivity index (χ1v) is 13.7. The summed E-state index contributed by atoms with van der Waals surface area (Å²) in [5, 5.41) is 5.36. The standard InChI is InChI=1S/C31H33F4N7O2/c1-19-16-23(32)22(18-27(19)44-29-21(8-6-12-37-29)24-11-13-38-30(36-2)40-24)28(43)39-25-17-20(31(33,34)35)9-10-26(25)42(5)15-7-14-41(3)4/h6,8-13,16-18H,7,14-15H2,1-5H3,(H,39,43)(H,36,38,40). The first-order chi connectivity index (χ1) is 20.9. The number of aryl methyl sites for hydroxylation is 1. The van der Waals surface area contributed by atoms with Gasteiger partial charge >= 0.3 is 6.18 Å². The first kappa shape index (κ1) is 32.1. The third kappa shape index (κ3) is 7.78. The number of carbonyl (C=O) groups is 1. The number of ether oxygens (including phenoxy) is 1. The average Bonchev–Trinajstić information content (AvgIpc) is 2.98. The number of nitrogens with one attached hydrogen (secondary N) is 2. The van der Waals surface area contributed by atoms with Crippen LogP contribution in [0, 0.1) is 12.7 Å². The van der Waals surface area contributed by atoms with Crippen molar-refractivity contribution in [2.24, 2.45) is 0 Å². The Morgan fingerprint density at radius 3 is 2.48 bits per heavy atom. The lowest BCUT2D eigenvalue weighted by Gasteiger charge is -2.24. The van der Waals surface area contributed by atoms with Gasteiger partial charge in [0.2, 0.25) is 11.8 Å². The zero-order valence-corrected chi connectivity index (χ0v) is 25.0. The summed E-state index contributed by atoms with van der Waals surface area (Å²) < 4.78 is 62.0. The second-order valence-electron chi connectivity index (χ2n) is 10.3. The smallest absolute Gasteiger partial charge is 0.416 e. The summed E-state index contributed by atoms with van der Waals surface area (Å²) in [7, 11) is 7.23. The number of hydrogen-bond donors (Lipinski definition) is 2. The minimum atomic E-state index is -4.64. The van der Waals surface area contributed by atoms with Crippen molar-refractivity contribution in [3.63, 3.8) is 0 Å². The predicted octanol–water partition coefficient (Wildman–Crippen LogP) is 6.48. The Bertz CT molecular complexity index is 1630. The fourth-order valence-corrected chi connectivity index (χ4v) is 4.42.